The van der Waals surface area contributed by atoms with E-state index in [0.29, 0.717) is 0 Å². The lowest BCUT2D eigenvalue weighted by Gasteiger charge is -2.44. The summed E-state index contributed by atoms with van der Waals surface area (Å²) in [5, 5.41) is 3.69. The van der Waals surface area contributed by atoms with Crippen LogP contribution in [0.2, 0.25) is 0 Å². The molecular formula is C16H30N2. The molecule has 2 bridgehead atoms. The van der Waals surface area contributed by atoms with Crippen LogP contribution < -0.4 is 5.32 Å². The van der Waals surface area contributed by atoms with Crippen molar-refractivity contribution in [2.24, 2.45) is 0 Å². The quantitative estimate of drug-likeness (QED) is 0.773. The molecule has 18 heavy (non-hydrogen) atoms. The molecule has 2 atom stereocenters. The minimum Gasteiger partial charge on any atom is -0.314 e. The Morgan fingerprint density at radius 3 is 2.00 bits per heavy atom. The van der Waals surface area contributed by atoms with Crippen molar-refractivity contribution >= 4 is 0 Å². The van der Waals surface area contributed by atoms with E-state index in [2.05, 4.69) is 17.1 Å². The lowest BCUT2D eigenvalue weighted by Crippen LogP contribution is -2.52. The molecule has 2 saturated heterocycles. The topological polar surface area (TPSA) is 15.3 Å². The Hall–Kier alpha value is -0.0800. The molecule has 1 aliphatic carbocycles. The van der Waals surface area contributed by atoms with E-state index in [4.69, 9.17) is 0 Å². The Kier molecular flexibility index (Phi) is 4.25. The first-order chi connectivity index (χ1) is 8.88. The summed E-state index contributed by atoms with van der Waals surface area (Å²) in [6.07, 6.45) is 14.7. The first-order valence-corrected chi connectivity index (χ1v) is 8.39. The number of nitrogens with zero attached hydrogens (tertiary/aromatic N) is 1. The predicted octanol–water partition coefficient (Wildman–Crippen LogP) is 3.31. The molecule has 2 nitrogen and oxygen atoms in total. The van der Waals surface area contributed by atoms with Crippen molar-refractivity contribution in [3.05, 3.63) is 0 Å². The number of fused-ring (bicyclic) bond motifs is 2. The zero-order valence-corrected chi connectivity index (χ0v) is 12.0. The fourth-order valence-electron chi connectivity index (χ4n) is 4.82. The molecule has 2 heterocycles. The van der Waals surface area contributed by atoms with Gasteiger partial charge in [0, 0.05) is 24.2 Å². The van der Waals surface area contributed by atoms with Crippen LogP contribution in [0.1, 0.15) is 71.1 Å². The van der Waals surface area contributed by atoms with Gasteiger partial charge < -0.3 is 5.32 Å². The summed E-state index contributed by atoms with van der Waals surface area (Å²) in [6, 6.07) is 3.58. The molecule has 104 valence electrons. The molecule has 3 fully saturated rings. The molecule has 1 saturated carbocycles. The van der Waals surface area contributed by atoms with Crippen LogP contribution in [0.4, 0.5) is 0 Å². The fraction of sp³-hybridized carbons (Fsp3) is 1.00. The molecule has 0 aromatic heterocycles. The molecule has 2 aliphatic heterocycles. The highest BCUT2D eigenvalue weighted by Crippen LogP contribution is 2.40. The second kappa shape index (κ2) is 5.92. The highest BCUT2D eigenvalue weighted by Gasteiger charge is 2.43. The Morgan fingerprint density at radius 2 is 1.44 bits per heavy atom. The van der Waals surface area contributed by atoms with Crippen molar-refractivity contribution in [1.29, 1.82) is 0 Å². The second-order valence-electron chi connectivity index (χ2n) is 6.70. The monoisotopic (exact) mass is 250 g/mol. The van der Waals surface area contributed by atoms with Gasteiger partial charge in [-0.05, 0) is 45.1 Å². The van der Waals surface area contributed by atoms with Crippen molar-refractivity contribution in [2.75, 3.05) is 6.54 Å². The Bertz CT molecular complexity index is 244. The zero-order valence-electron chi connectivity index (χ0n) is 12.0. The molecular weight excluding hydrogens is 220 g/mol. The van der Waals surface area contributed by atoms with Crippen molar-refractivity contribution in [1.82, 2.24) is 10.2 Å². The van der Waals surface area contributed by atoms with Gasteiger partial charge in [0.2, 0.25) is 0 Å². The van der Waals surface area contributed by atoms with E-state index in [1.54, 1.807) is 0 Å². The van der Waals surface area contributed by atoms with E-state index in [0.717, 1.165) is 30.7 Å². The lowest BCUT2D eigenvalue weighted by atomic mass is 9.93. The molecule has 0 aromatic rings. The molecule has 0 spiro atoms. The van der Waals surface area contributed by atoms with E-state index in [-0.39, 0.29) is 0 Å². The van der Waals surface area contributed by atoms with Crippen LogP contribution in [0.3, 0.4) is 0 Å². The summed E-state index contributed by atoms with van der Waals surface area (Å²) in [6.45, 7) is 3.40. The first kappa shape index (κ1) is 12.9. The summed E-state index contributed by atoms with van der Waals surface area (Å²) >= 11 is 0. The van der Waals surface area contributed by atoms with Gasteiger partial charge in [-0.1, -0.05) is 32.6 Å². The zero-order chi connectivity index (χ0) is 12.4. The van der Waals surface area contributed by atoms with Crippen molar-refractivity contribution in [2.45, 2.75) is 95.3 Å². The summed E-state index contributed by atoms with van der Waals surface area (Å²) in [4.78, 5) is 2.97. The first-order valence-electron chi connectivity index (χ1n) is 8.39. The highest BCUT2D eigenvalue weighted by molar-refractivity contribution is 5.00. The van der Waals surface area contributed by atoms with Gasteiger partial charge in [0.25, 0.3) is 0 Å². The van der Waals surface area contributed by atoms with Crippen LogP contribution in [0.5, 0.6) is 0 Å². The van der Waals surface area contributed by atoms with E-state index >= 15 is 0 Å². The molecule has 0 aromatic carbocycles. The molecule has 3 rings (SSSR count). The minimum absolute atomic E-state index is 0.814. The van der Waals surface area contributed by atoms with E-state index in [1.165, 1.54) is 64.2 Å². The van der Waals surface area contributed by atoms with Gasteiger partial charge in [-0.2, -0.15) is 0 Å². The third-order valence-corrected chi connectivity index (χ3v) is 5.53. The van der Waals surface area contributed by atoms with Crippen LogP contribution in [-0.4, -0.2) is 35.6 Å². The largest absolute Gasteiger partial charge is 0.314 e. The average molecular weight is 250 g/mol. The maximum Gasteiger partial charge on any atom is 0.0116 e. The van der Waals surface area contributed by atoms with Crippen LogP contribution in [0.25, 0.3) is 0 Å². The third kappa shape index (κ3) is 2.60. The molecule has 2 heteroatoms. The number of rotatable bonds is 3. The van der Waals surface area contributed by atoms with E-state index in [1.807, 2.05) is 0 Å². The van der Waals surface area contributed by atoms with Gasteiger partial charge >= 0.3 is 0 Å². The van der Waals surface area contributed by atoms with Gasteiger partial charge in [0.1, 0.15) is 0 Å². The SMILES string of the molecule is CCNC1CC2CCC(C1)N2C1CCCCCC1. The number of piperidine rings is 1. The van der Waals surface area contributed by atoms with Crippen LogP contribution in [0, 0.1) is 0 Å². The van der Waals surface area contributed by atoms with Gasteiger partial charge in [0.05, 0.1) is 0 Å². The molecule has 3 aliphatic rings. The fourth-order valence-corrected chi connectivity index (χ4v) is 4.82. The predicted molar refractivity (Wildman–Crippen MR) is 76.8 cm³/mol. The standard InChI is InChI=1S/C16H30N2/c1-2-17-13-11-15-9-10-16(12-13)18(15)14-7-5-3-4-6-8-14/h13-17H,2-12H2,1H3. The maximum atomic E-state index is 3.69. The molecule has 1 N–H and O–H groups in total. The molecule has 0 radical (unpaired) electrons. The number of nitrogens with one attached hydrogen (secondary N) is 1. The molecule has 2 unspecified atom stereocenters. The van der Waals surface area contributed by atoms with Gasteiger partial charge in [-0.3, -0.25) is 4.90 Å². The average Bonchev–Trinajstić information content (AvgIpc) is 2.62. The van der Waals surface area contributed by atoms with Crippen molar-refractivity contribution in [3.63, 3.8) is 0 Å². The van der Waals surface area contributed by atoms with Crippen LogP contribution >= 0.6 is 0 Å². The third-order valence-electron chi connectivity index (χ3n) is 5.53. The van der Waals surface area contributed by atoms with Crippen molar-refractivity contribution < 1.29 is 0 Å². The summed E-state index contributed by atoms with van der Waals surface area (Å²) in [5.74, 6) is 0. The van der Waals surface area contributed by atoms with Gasteiger partial charge in [-0.15, -0.1) is 0 Å². The van der Waals surface area contributed by atoms with Crippen LogP contribution in [-0.2, 0) is 0 Å². The van der Waals surface area contributed by atoms with Gasteiger partial charge in [0.15, 0.2) is 0 Å². The number of hydrogen-bond donors (Lipinski definition) is 1. The lowest BCUT2D eigenvalue weighted by molar-refractivity contribution is 0.0625. The highest BCUT2D eigenvalue weighted by atomic mass is 15.3. The molecule has 0 amide bonds. The maximum absolute atomic E-state index is 3.69. The van der Waals surface area contributed by atoms with Gasteiger partial charge in [-0.25, -0.2) is 0 Å². The Morgan fingerprint density at radius 1 is 0.833 bits per heavy atom. The normalized spacial score (nSPS) is 38.8. The van der Waals surface area contributed by atoms with Crippen LogP contribution in [0.15, 0.2) is 0 Å². The van der Waals surface area contributed by atoms with E-state index < -0.39 is 0 Å². The minimum atomic E-state index is 0.814. The van der Waals surface area contributed by atoms with E-state index in [9.17, 15) is 0 Å². The summed E-state index contributed by atoms with van der Waals surface area (Å²) < 4.78 is 0. The number of hydrogen-bond acceptors (Lipinski definition) is 2. The second-order valence-corrected chi connectivity index (χ2v) is 6.70. The Balaban J connectivity index is 1.63. The summed E-state index contributed by atoms with van der Waals surface area (Å²) in [7, 11) is 0. The Labute approximate surface area is 113 Å². The van der Waals surface area contributed by atoms with Crippen molar-refractivity contribution in [3.8, 4) is 0 Å². The summed E-state index contributed by atoms with van der Waals surface area (Å²) in [5.41, 5.74) is 0. The smallest absolute Gasteiger partial charge is 0.0116 e.